The molecular weight excluding hydrogens is 212 g/mol. The molecule has 4 heteroatoms. The summed E-state index contributed by atoms with van der Waals surface area (Å²) in [6.45, 7) is 0.811. The molecule has 1 saturated heterocycles. The van der Waals surface area contributed by atoms with Crippen molar-refractivity contribution in [3.63, 3.8) is 0 Å². The molecule has 15 heavy (non-hydrogen) atoms. The van der Waals surface area contributed by atoms with E-state index in [9.17, 15) is 4.79 Å². The molecule has 0 unspecified atom stereocenters. The van der Waals surface area contributed by atoms with Crippen molar-refractivity contribution in [3.05, 3.63) is 30.1 Å². The molecule has 3 nitrogen and oxygen atoms in total. The SMILES string of the molecule is O=C(CCl)N1CCC[C@@H]1c1cccnc1. The Bertz CT molecular complexity index is 342. The summed E-state index contributed by atoms with van der Waals surface area (Å²) in [6, 6.07) is 4.08. The van der Waals surface area contributed by atoms with Crippen LogP contribution >= 0.6 is 11.6 Å². The van der Waals surface area contributed by atoms with Crippen molar-refractivity contribution in [2.24, 2.45) is 0 Å². The Kier molecular flexibility index (Phi) is 3.21. The van der Waals surface area contributed by atoms with E-state index in [-0.39, 0.29) is 17.8 Å². The topological polar surface area (TPSA) is 33.2 Å². The van der Waals surface area contributed by atoms with Crippen LogP contribution in [0.2, 0.25) is 0 Å². The van der Waals surface area contributed by atoms with Gasteiger partial charge >= 0.3 is 0 Å². The summed E-state index contributed by atoms with van der Waals surface area (Å²) < 4.78 is 0. The summed E-state index contributed by atoms with van der Waals surface area (Å²) in [6.07, 6.45) is 5.62. The molecule has 0 aliphatic carbocycles. The van der Waals surface area contributed by atoms with Crippen LogP contribution in [0.25, 0.3) is 0 Å². The largest absolute Gasteiger partial charge is 0.335 e. The van der Waals surface area contributed by atoms with E-state index in [2.05, 4.69) is 4.98 Å². The quantitative estimate of drug-likeness (QED) is 0.720. The summed E-state index contributed by atoms with van der Waals surface area (Å²) in [5.41, 5.74) is 1.11. The first-order chi connectivity index (χ1) is 7.33. The van der Waals surface area contributed by atoms with Gasteiger partial charge in [-0.2, -0.15) is 0 Å². The molecule has 2 heterocycles. The molecule has 0 saturated carbocycles. The first-order valence-corrected chi connectivity index (χ1v) is 5.61. The number of pyridine rings is 1. The highest BCUT2D eigenvalue weighted by atomic mass is 35.5. The average Bonchev–Trinajstić information content (AvgIpc) is 2.78. The molecule has 2 rings (SSSR count). The molecule has 1 amide bonds. The van der Waals surface area contributed by atoms with Crippen molar-refractivity contribution >= 4 is 17.5 Å². The molecule has 0 spiro atoms. The Hall–Kier alpha value is -1.09. The molecule has 1 atom stereocenters. The van der Waals surface area contributed by atoms with Gasteiger partial charge in [-0.3, -0.25) is 9.78 Å². The summed E-state index contributed by atoms with van der Waals surface area (Å²) in [5.74, 6) is 0.0829. The van der Waals surface area contributed by atoms with Crippen LogP contribution in [0.1, 0.15) is 24.4 Å². The number of nitrogens with zero attached hydrogens (tertiary/aromatic N) is 2. The normalized spacial score (nSPS) is 20.6. The maximum atomic E-state index is 11.6. The minimum Gasteiger partial charge on any atom is -0.335 e. The first kappa shape index (κ1) is 10.4. The fourth-order valence-corrected chi connectivity index (χ4v) is 2.22. The maximum absolute atomic E-state index is 11.6. The number of hydrogen-bond acceptors (Lipinski definition) is 2. The fraction of sp³-hybridized carbons (Fsp3) is 0.455. The van der Waals surface area contributed by atoms with Crippen molar-refractivity contribution < 1.29 is 4.79 Å². The number of amides is 1. The smallest absolute Gasteiger partial charge is 0.238 e. The lowest BCUT2D eigenvalue weighted by Gasteiger charge is -2.23. The highest BCUT2D eigenvalue weighted by molar-refractivity contribution is 6.27. The molecule has 0 bridgehead atoms. The molecule has 1 aromatic rings. The number of rotatable bonds is 2. The minimum atomic E-state index is 0.0167. The van der Waals surface area contributed by atoms with Crippen LogP contribution < -0.4 is 0 Å². The monoisotopic (exact) mass is 224 g/mol. The zero-order valence-corrected chi connectivity index (χ0v) is 9.15. The third kappa shape index (κ3) is 2.12. The van der Waals surface area contributed by atoms with Crippen LogP contribution in [0.3, 0.4) is 0 Å². The number of likely N-dealkylation sites (tertiary alicyclic amines) is 1. The molecule has 0 aromatic carbocycles. The van der Waals surface area contributed by atoms with Crippen LogP contribution in [0.4, 0.5) is 0 Å². The van der Waals surface area contributed by atoms with Gasteiger partial charge in [0.2, 0.25) is 5.91 Å². The Balaban J connectivity index is 2.18. The second-order valence-corrected chi connectivity index (χ2v) is 3.93. The second kappa shape index (κ2) is 4.62. The number of aromatic nitrogens is 1. The van der Waals surface area contributed by atoms with Gasteiger partial charge in [0.15, 0.2) is 0 Å². The molecule has 1 aromatic heterocycles. The van der Waals surface area contributed by atoms with Gasteiger partial charge in [0.25, 0.3) is 0 Å². The third-order valence-corrected chi connectivity index (χ3v) is 2.99. The van der Waals surface area contributed by atoms with Crippen LogP contribution in [-0.2, 0) is 4.79 Å². The highest BCUT2D eigenvalue weighted by Crippen LogP contribution is 2.31. The van der Waals surface area contributed by atoms with E-state index in [1.54, 1.807) is 6.20 Å². The average molecular weight is 225 g/mol. The summed E-state index contributed by atoms with van der Waals surface area (Å²) in [4.78, 5) is 17.5. The standard InChI is InChI=1S/C11H13ClN2O/c12-7-11(15)14-6-2-4-10(14)9-3-1-5-13-8-9/h1,3,5,8,10H,2,4,6-7H2/t10-/m1/s1. The Labute approximate surface area is 94.1 Å². The number of carbonyl (C=O) groups excluding carboxylic acids is 1. The fourth-order valence-electron chi connectivity index (χ4n) is 2.06. The van der Waals surface area contributed by atoms with E-state index in [0.717, 1.165) is 24.9 Å². The van der Waals surface area contributed by atoms with Crippen LogP contribution in [0.5, 0.6) is 0 Å². The predicted octanol–water partition coefficient (Wildman–Crippen LogP) is 1.98. The van der Waals surface area contributed by atoms with Gasteiger partial charge < -0.3 is 4.90 Å². The summed E-state index contributed by atoms with van der Waals surface area (Å²) in [7, 11) is 0. The number of carbonyl (C=O) groups is 1. The van der Waals surface area contributed by atoms with E-state index in [1.807, 2.05) is 23.2 Å². The molecule has 1 fully saturated rings. The van der Waals surface area contributed by atoms with Gasteiger partial charge in [-0.1, -0.05) is 6.07 Å². The Morgan fingerprint density at radius 3 is 3.20 bits per heavy atom. The van der Waals surface area contributed by atoms with Gasteiger partial charge in [0.1, 0.15) is 5.88 Å². The van der Waals surface area contributed by atoms with E-state index in [0.29, 0.717) is 0 Å². The summed E-state index contributed by atoms with van der Waals surface area (Å²) >= 11 is 5.58. The van der Waals surface area contributed by atoms with Gasteiger partial charge in [0.05, 0.1) is 6.04 Å². The molecule has 0 N–H and O–H groups in total. The zero-order valence-electron chi connectivity index (χ0n) is 8.40. The summed E-state index contributed by atoms with van der Waals surface area (Å²) in [5, 5.41) is 0. The second-order valence-electron chi connectivity index (χ2n) is 3.67. The van der Waals surface area contributed by atoms with Gasteiger partial charge in [-0.05, 0) is 24.5 Å². The van der Waals surface area contributed by atoms with Gasteiger partial charge in [-0.25, -0.2) is 0 Å². The maximum Gasteiger partial charge on any atom is 0.238 e. The van der Waals surface area contributed by atoms with Crippen molar-refractivity contribution in [3.8, 4) is 0 Å². The van der Waals surface area contributed by atoms with Crippen LogP contribution in [0, 0.1) is 0 Å². The Morgan fingerprint density at radius 1 is 1.67 bits per heavy atom. The molecule has 1 aliphatic heterocycles. The van der Waals surface area contributed by atoms with E-state index >= 15 is 0 Å². The van der Waals surface area contributed by atoms with Crippen LogP contribution in [-0.4, -0.2) is 28.2 Å². The van der Waals surface area contributed by atoms with E-state index in [1.165, 1.54) is 0 Å². The number of hydrogen-bond donors (Lipinski definition) is 0. The first-order valence-electron chi connectivity index (χ1n) is 5.08. The zero-order chi connectivity index (χ0) is 10.7. The molecule has 80 valence electrons. The predicted molar refractivity (Wildman–Crippen MR) is 58.6 cm³/mol. The lowest BCUT2D eigenvalue weighted by Crippen LogP contribution is -2.31. The van der Waals surface area contributed by atoms with Crippen LogP contribution in [0.15, 0.2) is 24.5 Å². The van der Waals surface area contributed by atoms with Crippen molar-refractivity contribution in [2.75, 3.05) is 12.4 Å². The molecule has 0 radical (unpaired) electrons. The van der Waals surface area contributed by atoms with Crippen molar-refractivity contribution in [2.45, 2.75) is 18.9 Å². The number of halogens is 1. The lowest BCUT2D eigenvalue weighted by molar-refractivity contribution is -0.129. The minimum absolute atomic E-state index is 0.0167. The Morgan fingerprint density at radius 2 is 2.53 bits per heavy atom. The van der Waals surface area contributed by atoms with Crippen molar-refractivity contribution in [1.82, 2.24) is 9.88 Å². The van der Waals surface area contributed by atoms with Gasteiger partial charge in [0, 0.05) is 18.9 Å². The number of alkyl halides is 1. The van der Waals surface area contributed by atoms with E-state index < -0.39 is 0 Å². The highest BCUT2D eigenvalue weighted by Gasteiger charge is 2.29. The van der Waals surface area contributed by atoms with E-state index in [4.69, 9.17) is 11.6 Å². The lowest BCUT2D eigenvalue weighted by atomic mass is 10.1. The van der Waals surface area contributed by atoms with Crippen molar-refractivity contribution in [1.29, 1.82) is 0 Å². The van der Waals surface area contributed by atoms with Gasteiger partial charge in [-0.15, -0.1) is 11.6 Å². The molecule has 1 aliphatic rings. The molecular formula is C11H13ClN2O. The third-order valence-electron chi connectivity index (χ3n) is 2.76.